The molecule has 1 unspecified atom stereocenters. The maximum absolute atomic E-state index is 11.8. The molecule has 6 nitrogen and oxygen atoms in total. The fourth-order valence-electron chi connectivity index (χ4n) is 4.09. The molecule has 2 N–H and O–H groups in total. The van der Waals surface area contributed by atoms with E-state index in [1.54, 1.807) is 24.3 Å². The second kappa shape index (κ2) is 7.21. The molecule has 0 heterocycles. The van der Waals surface area contributed by atoms with Crippen LogP contribution < -0.4 is 0 Å². The van der Waals surface area contributed by atoms with Gasteiger partial charge in [0.05, 0.1) is 0 Å². The maximum Gasteiger partial charge on any atom is 0.295 e. The van der Waals surface area contributed by atoms with Crippen LogP contribution >= 0.6 is 0 Å². The molecule has 3 aromatic carbocycles. The van der Waals surface area contributed by atoms with Gasteiger partial charge in [0.2, 0.25) is 0 Å². The third-order valence-electron chi connectivity index (χ3n) is 5.42. The van der Waals surface area contributed by atoms with Gasteiger partial charge in [-0.05, 0) is 65.5 Å². The molecule has 0 aromatic heterocycles. The van der Waals surface area contributed by atoms with Gasteiger partial charge in [-0.3, -0.25) is 9.11 Å². The van der Waals surface area contributed by atoms with Gasteiger partial charge in [0.15, 0.2) is 0 Å². The second-order valence-electron chi connectivity index (χ2n) is 7.39. The normalized spacial score (nSPS) is 17.2. The van der Waals surface area contributed by atoms with Crippen LogP contribution in [0.3, 0.4) is 0 Å². The molecule has 0 spiro atoms. The van der Waals surface area contributed by atoms with Gasteiger partial charge in [-0.2, -0.15) is 16.8 Å². The first kappa shape index (κ1) is 20.0. The molecule has 3 aromatic rings. The fraction of sp³-hybridized carbons (Fsp3) is 0.238. The van der Waals surface area contributed by atoms with Crippen molar-refractivity contribution in [2.75, 3.05) is 0 Å². The van der Waals surface area contributed by atoms with Gasteiger partial charge in [0, 0.05) is 5.39 Å². The van der Waals surface area contributed by atoms with Gasteiger partial charge in [0.1, 0.15) is 10.1 Å². The van der Waals surface area contributed by atoms with Crippen LogP contribution in [-0.4, -0.2) is 25.9 Å². The molecule has 0 aliphatic heterocycles. The van der Waals surface area contributed by atoms with Crippen molar-refractivity contribution in [1.29, 1.82) is 0 Å². The maximum atomic E-state index is 11.8. The molecule has 1 aliphatic rings. The molecule has 29 heavy (non-hydrogen) atoms. The minimum absolute atomic E-state index is 0.145. The minimum Gasteiger partial charge on any atom is -0.285 e. The van der Waals surface area contributed by atoms with Crippen molar-refractivity contribution < 1.29 is 25.9 Å². The lowest BCUT2D eigenvalue weighted by Gasteiger charge is -2.24. The standard InChI is InChI=1S/C21H20O6S2/c22-28(23,24)20-5-1-3-16-9-7-14(12-18(16)20)11-15-8-10-17-4-2-6-21(19(17)13-15)29(25,26)27/h1,3,5,7-10,12-13,21H,2,4,6,11H2,(H,22,23,24)(H,25,26,27). The van der Waals surface area contributed by atoms with E-state index >= 15 is 0 Å². The van der Waals surface area contributed by atoms with Crippen molar-refractivity contribution in [3.8, 4) is 0 Å². The number of fused-ring (bicyclic) bond motifs is 2. The molecule has 152 valence electrons. The van der Waals surface area contributed by atoms with Crippen molar-refractivity contribution in [2.45, 2.75) is 35.8 Å². The van der Waals surface area contributed by atoms with Crippen LogP contribution in [0.25, 0.3) is 10.8 Å². The largest absolute Gasteiger partial charge is 0.295 e. The lowest BCUT2D eigenvalue weighted by Crippen LogP contribution is -2.18. The molecule has 1 atom stereocenters. The van der Waals surface area contributed by atoms with Crippen LogP contribution in [0.5, 0.6) is 0 Å². The Labute approximate surface area is 169 Å². The third-order valence-corrected chi connectivity index (χ3v) is 7.54. The smallest absolute Gasteiger partial charge is 0.285 e. The Bertz CT molecular complexity index is 1310. The summed E-state index contributed by atoms with van der Waals surface area (Å²) in [6, 6.07) is 15.7. The molecule has 4 rings (SSSR count). The molecule has 8 heteroatoms. The van der Waals surface area contributed by atoms with Crippen LogP contribution in [-0.2, 0) is 33.1 Å². The summed E-state index contributed by atoms with van der Waals surface area (Å²) < 4.78 is 66.0. The Morgan fingerprint density at radius 1 is 0.897 bits per heavy atom. The fourth-order valence-corrected chi connectivity index (χ4v) is 5.80. The second-order valence-corrected chi connectivity index (χ2v) is 10.4. The van der Waals surface area contributed by atoms with Gasteiger partial charge in [0.25, 0.3) is 20.2 Å². The SMILES string of the molecule is O=S(=O)(O)c1cccc2ccc(Cc3ccc4c(c3)C(S(=O)(=O)O)CCC4)cc12. The zero-order chi connectivity index (χ0) is 20.8. The highest BCUT2D eigenvalue weighted by Crippen LogP contribution is 2.36. The average molecular weight is 433 g/mol. The summed E-state index contributed by atoms with van der Waals surface area (Å²) >= 11 is 0. The zero-order valence-electron chi connectivity index (χ0n) is 15.4. The summed E-state index contributed by atoms with van der Waals surface area (Å²) in [7, 11) is -8.52. The third kappa shape index (κ3) is 4.06. The Hall–Kier alpha value is -2.26. The first-order valence-electron chi connectivity index (χ1n) is 9.20. The Morgan fingerprint density at radius 3 is 2.34 bits per heavy atom. The molecule has 0 fully saturated rings. The van der Waals surface area contributed by atoms with Gasteiger partial charge in [-0.15, -0.1) is 0 Å². The van der Waals surface area contributed by atoms with Crippen molar-refractivity contribution in [2.24, 2.45) is 0 Å². The number of hydrogen-bond acceptors (Lipinski definition) is 4. The molecular weight excluding hydrogens is 412 g/mol. The van der Waals surface area contributed by atoms with E-state index in [1.807, 2.05) is 24.3 Å². The average Bonchev–Trinajstić information content (AvgIpc) is 2.65. The molecule has 0 radical (unpaired) electrons. The topological polar surface area (TPSA) is 109 Å². The first-order chi connectivity index (χ1) is 13.6. The van der Waals surface area contributed by atoms with Crippen molar-refractivity contribution in [3.63, 3.8) is 0 Å². The van der Waals surface area contributed by atoms with E-state index in [0.29, 0.717) is 35.6 Å². The van der Waals surface area contributed by atoms with Gasteiger partial charge in [-0.1, -0.05) is 42.5 Å². The van der Waals surface area contributed by atoms with E-state index in [0.717, 1.165) is 23.1 Å². The van der Waals surface area contributed by atoms with E-state index in [4.69, 9.17) is 0 Å². The summed E-state index contributed by atoms with van der Waals surface area (Å²) in [5.74, 6) is 0. The van der Waals surface area contributed by atoms with Crippen LogP contribution in [0.15, 0.2) is 59.5 Å². The summed E-state index contributed by atoms with van der Waals surface area (Å²) in [6.07, 6.45) is 2.33. The quantitative estimate of drug-likeness (QED) is 0.605. The molecule has 0 amide bonds. The van der Waals surface area contributed by atoms with Crippen LogP contribution in [0.1, 0.15) is 40.3 Å². The first-order valence-corrected chi connectivity index (χ1v) is 12.1. The molecule has 0 bridgehead atoms. The highest BCUT2D eigenvalue weighted by Gasteiger charge is 2.30. The monoisotopic (exact) mass is 432 g/mol. The lowest BCUT2D eigenvalue weighted by molar-refractivity contribution is 0.457. The Kier molecular flexibility index (Phi) is 4.98. The van der Waals surface area contributed by atoms with Gasteiger partial charge < -0.3 is 0 Å². The van der Waals surface area contributed by atoms with Gasteiger partial charge in [-0.25, -0.2) is 0 Å². The van der Waals surface area contributed by atoms with E-state index < -0.39 is 25.5 Å². The van der Waals surface area contributed by atoms with Crippen molar-refractivity contribution in [3.05, 3.63) is 76.9 Å². The predicted octanol–water partition coefficient (Wildman–Crippen LogP) is 3.94. The number of aryl methyl sites for hydroxylation is 1. The van der Waals surface area contributed by atoms with Crippen LogP contribution in [0.2, 0.25) is 0 Å². The molecule has 1 aliphatic carbocycles. The zero-order valence-corrected chi connectivity index (χ0v) is 17.1. The Morgan fingerprint density at radius 2 is 1.62 bits per heavy atom. The summed E-state index contributed by atoms with van der Waals surface area (Å²) in [4.78, 5) is -0.145. The molecule has 0 saturated heterocycles. The van der Waals surface area contributed by atoms with Crippen LogP contribution in [0.4, 0.5) is 0 Å². The number of hydrogen-bond donors (Lipinski definition) is 2. The van der Waals surface area contributed by atoms with Gasteiger partial charge >= 0.3 is 0 Å². The Balaban J connectivity index is 1.74. The van der Waals surface area contributed by atoms with E-state index in [9.17, 15) is 25.9 Å². The van der Waals surface area contributed by atoms with E-state index in [1.165, 1.54) is 6.07 Å². The number of benzene rings is 3. The summed E-state index contributed by atoms with van der Waals surface area (Å²) in [5.41, 5.74) is 3.25. The van der Waals surface area contributed by atoms with E-state index in [2.05, 4.69) is 0 Å². The minimum atomic E-state index is -4.35. The van der Waals surface area contributed by atoms with Crippen molar-refractivity contribution >= 4 is 31.0 Å². The highest BCUT2D eigenvalue weighted by molar-refractivity contribution is 7.86. The van der Waals surface area contributed by atoms with Crippen LogP contribution in [0, 0.1) is 0 Å². The van der Waals surface area contributed by atoms with E-state index in [-0.39, 0.29) is 4.90 Å². The summed E-state index contributed by atoms with van der Waals surface area (Å²) in [5, 5.41) is 0.218. The van der Waals surface area contributed by atoms with Crippen molar-refractivity contribution in [1.82, 2.24) is 0 Å². The predicted molar refractivity (Wildman–Crippen MR) is 110 cm³/mol. The molecule has 0 saturated carbocycles. The highest BCUT2D eigenvalue weighted by atomic mass is 32.2. The lowest BCUT2D eigenvalue weighted by atomic mass is 9.88. The molecular formula is C21H20O6S2. The summed E-state index contributed by atoms with van der Waals surface area (Å²) in [6.45, 7) is 0. The number of rotatable bonds is 4.